The van der Waals surface area contributed by atoms with Gasteiger partial charge in [0.2, 0.25) is 0 Å². The van der Waals surface area contributed by atoms with Crippen LogP contribution in [0.1, 0.15) is 42.0 Å². The van der Waals surface area contributed by atoms with E-state index in [2.05, 4.69) is 18.7 Å². The molecule has 0 unspecified atom stereocenters. The molecule has 1 saturated heterocycles. The van der Waals surface area contributed by atoms with Gasteiger partial charge in [0.25, 0.3) is 5.91 Å². The summed E-state index contributed by atoms with van der Waals surface area (Å²) < 4.78 is 1.87. The Kier molecular flexibility index (Phi) is 5.99. The van der Waals surface area contributed by atoms with Crippen LogP contribution in [0, 0.1) is 6.92 Å². The van der Waals surface area contributed by atoms with Gasteiger partial charge in [-0.05, 0) is 44.2 Å². The number of amides is 1. The second kappa shape index (κ2) is 8.23. The van der Waals surface area contributed by atoms with Gasteiger partial charge >= 0.3 is 0 Å². The SMILES string of the molecule is CCCc1nn(-c2ccc(Cl)cc2)c(C)c1C(=O)N1CCN(CC)CC1. The molecule has 0 atom stereocenters. The van der Waals surface area contributed by atoms with Crippen LogP contribution in [-0.4, -0.2) is 58.2 Å². The molecule has 0 radical (unpaired) electrons. The number of piperazine rings is 1. The van der Waals surface area contributed by atoms with Gasteiger partial charge in [-0.2, -0.15) is 5.10 Å². The van der Waals surface area contributed by atoms with Crippen molar-refractivity contribution in [3.8, 4) is 5.69 Å². The molecule has 26 heavy (non-hydrogen) atoms. The lowest BCUT2D eigenvalue weighted by atomic mass is 10.1. The summed E-state index contributed by atoms with van der Waals surface area (Å²) in [4.78, 5) is 17.6. The third-order valence-corrected chi connectivity index (χ3v) is 5.32. The first-order valence-corrected chi connectivity index (χ1v) is 9.79. The fourth-order valence-electron chi connectivity index (χ4n) is 3.51. The number of carbonyl (C=O) groups excluding carboxylic acids is 1. The Bertz CT molecular complexity index is 761. The standard InChI is InChI=1S/C20H27ClN4O/c1-4-6-18-19(20(26)24-13-11-23(5-2)12-14-24)15(3)25(22-18)17-9-7-16(21)8-10-17/h7-10H,4-6,11-14H2,1-3H3. The highest BCUT2D eigenvalue weighted by atomic mass is 35.5. The number of rotatable bonds is 5. The van der Waals surface area contributed by atoms with Crippen molar-refractivity contribution in [3.05, 3.63) is 46.2 Å². The molecule has 2 heterocycles. The molecule has 6 heteroatoms. The maximum absolute atomic E-state index is 13.2. The number of hydrogen-bond donors (Lipinski definition) is 0. The van der Waals surface area contributed by atoms with E-state index in [1.165, 1.54) is 0 Å². The van der Waals surface area contributed by atoms with E-state index in [4.69, 9.17) is 16.7 Å². The predicted octanol–water partition coefficient (Wildman–Crippen LogP) is 3.56. The number of hydrogen-bond acceptors (Lipinski definition) is 3. The van der Waals surface area contributed by atoms with Crippen LogP contribution in [0.5, 0.6) is 0 Å². The maximum atomic E-state index is 13.2. The average molecular weight is 375 g/mol. The molecular formula is C20H27ClN4O. The average Bonchev–Trinajstić information content (AvgIpc) is 2.98. The van der Waals surface area contributed by atoms with Crippen molar-refractivity contribution in [2.24, 2.45) is 0 Å². The van der Waals surface area contributed by atoms with Crippen LogP contribution in [0.3, 0.4) is 0 Å². The van der Waals surface area contributed by atoms with Crippen molar-refractivity contribution in [1.29, 1.82) is 0 Å². The first-order valence-electron chi connectivity index (χ1n) is 9.41. The fourth-order valence-corrected chi connectivity index (χ4v) is 3.64. The zero-order valence-corrected chi connectivity index (χ0v) is 16.6. The minimum Gasteiger partial charge on any atom is -0.336 e. The third kappa shape index (κ3) is 3.79. The van der Waals surface area contributed by atoms with E-state index >= 15 is 0 Å². The zero-order valence-electron chi connectivity index (χ0n) is 15.8. The van der Waals surface area contributed by atoms with Crippen LogP contribution in [0.2, 0.25) is 5.02 Å². The Hall–Kier alpha value is -1.85. The Labute approximate surface area is 160 Å². The van der Waals surface area contributed by atoms with Gasteiger partial charge in [-0.3, -0.25) is 4.79 Å². The fraction of sp³-hybridized carbons (Fsp3) is 0.500. The lowest BCUT2D eigenvalue weighted by molar-refractivity contribution is 0.0641. The first kappa shape index (κ1) is 18.9. The Balaban J connectivity index is 1.92. The predicted molar refractivity (Wildman–Crippen MR) is 105 cm³/mol. The second-order valence-electron chi connectivity index (χ2n) is 6.77. The normalized spacial score (nSPS) is 15.5. The van der Waals surface area contributed by atoms with Crippen LogP contribution in [0.25, 0.3) is 5.69 Å². The van der Waals surface area contributed by atoms with Gasteiger partial charge in [-0.15, -0.1) is 0 Å². The van der Waals surface area contributed by atoms with Gasteiger partial charge in [-0.25, -0.2) is 4.68 Å². The number of carbonyl (C=O) groups is 1. The van der Waals surface area contributed by atoms with Gasteiger partial charge < -0.3 is 9.80 Å². The van der Waals surface area contributed by atoms with Crippen molar-refractivity contribution in [1.82, 2.24) is 19.6 Å². The number of halogens is 1. The van der Waals surface area contributed by atoms with Gasteiger partial charge in [0, 0.05) is 31.2 Å². The van der Waals surface area contributed by atoms with Crippen molar-refractivity contribution in [2.45, 2.75) is 33.6 Å². The van der Waals surface area contributed by atoms with Crippen LogP contribution in [0.15, 0.2) is 24.3 Å². The summed E-state index contributed by atoms with van der Waals surface area (Å²) >= 11 is 6.01. The van der Waals surface area contributed by atoms with Crippen LogP contribution in [0.4, 0.5) is 0 Å². The molecule has 3 rings (SSSR count). The summed E-state index contributed by atoms with van der Waals surface area (Å²) in [7, 11) is 0. The van der Waals surface area contributed by atoms with Gasteiger partial charge in [-0.1, -0.05) is 31.9 Å². The minimum atomic E-state index is 0.113. The maximum Gasteiger partial charge on any atom is 0.257 e. The minimum absolute atomic E-state index is 0.113. The van der Waals surface area contributed by atoms with Gasteiger partial charge in [0.05, 0.1) is 22.6 Å². The molecule has 1 aromatic heterocycles. The molecule has 2 aromatic rings. The molecule has 1 fully saturated rings. The quantitative estimate of drug-likeness (QED) is 0.803. The highest BCUT2D eigenvalue weighted by molar-refractivity contribution is 6.30. The number of aromatic nitrogens is 2. The number of nitrogens with zero attached hydrogens (tertiary/aromatic N) is 4. The Morgan fingerprint density at radius 2 is 1.77 bits per heavy atom. The van der Waals surface area contributed by atoms with Gasteiger partial charge in [0.15, 0.2) is 0 Å². The lowest BCUT2D eigenvalue weighted by Crippen LogP contribution is -2.48. The zero-order chi connectivity index (χ0) is 18.7. The Morgan fingerprint density at radius 1 is 1.12 bits per heavy atom. The first-order chi connectivity index (χ1) is 12.5. The van der Waals surface area contributed by atoms with E-state index in [1.54, 1.807) is 0 Å². The molecule has 0 bridgehead atoms. The van der Waals surface area contributed by atoms with E-state index in [0.717, 1.165) is 68.2 Å². The largest absolute Gasteiger partial charge is 0.336 e. The second-order valence-corrected chi connectivity index (χ2v) is 7.21. The summed E-state index contributed by atoms with van der Waals surface area (Å²) in [5, 5.41) is 5.45. The summed E-state index contributed by atoms with van der Waals surface area (Å²) in [6.45, 7) is 10.7. The highest BCUT2D eigenvalue weighted by Crippen LogP contribution is 2.23. The molecule has 1 amide bonds. The molecule has 0 spiro atoms. The van der Waals surface area contributed by atoms with Gasteiger partial charge in [0.1, 0.15) is 0 Å². The van der Waals surface area contributed by atoms with Crippen LogP contribution < -0.4 is 0 Å². The van der Waals surface area contributed by atoms with Crippen molar-refractivity contribution < 1.29 is 4.79 Å². The number of aryl methyl sites for hydroxylation is 1. The van der Waals surface area contributed by atoms with Crippen molar-refractivity contribution in [2.75, 3.05) is 32.7 Å². The van der Waals surface area contributed by atoms with Crippen LogP contribution >= 0.6 is 11.6 Å². The van der Waals surface area contributed by atoms with Crippen molar-refractivity contribution >= 4 is 17.5 Å². The van der Waals surface area contributed by atoms with Crippen molar-refractivity contribution in [3.63, 3.8) is 0 Å². The number of likely N-dealkylation sites (N-methyl/N-ethyl adjacent to an activating group) is 1. The lowest BCUT2D eigenvalue weighted by Gasteiger charge is -2.34. The third-order valence-electron chi connectivity index (χ3n) is 5.07. The molecule has 5 nitrogen and oxygen atoms in total. The van der Waals surface area contributed by atoms with E-state index in [9.17, 15) is 4.79 Å². The summed E-state index contributed by atoms with van der Waals surface area (Å²) in [5.41, 5.74) is 3.49. The summed E-state index contributed by atoms with van der Waals surface area (Å²) in [5.74, 6) is 0.113. The van der Waals surface area contributed by atoms with Crippen LogP contribution in [-0.2, 0) is 6.42 Å². The molecule has 0 saturated carbocycles. The molecule has 140 valence electrons. The molecular weight excluding hydrogens is 348 g/mol. The molecule has 1 aliphatic heterocycles. The van der Waals surface area contributed by atoms with E-state index in [-0.39, 0.29) is 5.91 Å². The molecule has 0 N–H and O–H groups in total. The highest BCUT2D eigenvalue weighted by Gasteiger charge is 2.27. The molecule has 1 aromatic carbocycles. The summed E-state index contributed by atoms with van der Waals surface area (Å²) in [6.07, 6.45) is 1.76. The molecule has 1 aliphatic rings. The topological polar surface area (TPSA) is 41.4 Å². The van der Waals surface area contributed by atoms with E-state index in [0.29, 0.717) is 5.02 Å². The van der Waals surface area contributed by atoms with E-state index < -0.39 is 0 Å². The Morgan fingerprint density at radius 3 is 2.35 bits per heavy atom. The smallest absolute Gasteiger partial charge is 0.257 e. The number of benzene rings is 1. The molecule has 0 aliphatic carbocycles. The van der Waals surface area contributed by atoms with E-state index in [1.807, 2.05) is 40.8 Å². The monoisotopic (exact) mass is 374 g/mol. The summed E-state index contributed by atoms with van der Waals surface area (Å²) in [6, 6.07) is 7.57.